The normalized spacial score (nSPS) is 26.7. The molecule has 38 heavy (non-hydrogen) atoms. The average molecular weight is 515 g/mol. The Balaban J connectivity index is 1.29. The summed E-state index contributed by atoms with van der Waals surface area (Å²) in [5.74, 6) is -2.06. The first-order valence-electron chi connectivity index (χ1n) is 12.4. The minimum atomic E-state index is -1.29. The van der Waals surface area contributed by atoms with Gasteiger partial charge in [0.15, 0.2) is 23.0 Å². The smallest absolute Gasteiger partial charge is 0.291 e. The molecule has 3 aromatic rings. The van der Waals surface area contributed by atoms with Gasteiger partial charge in [-0.3, -0.25) is 19.3 Å². The molecular formula is C28H24N3O7+. The number of benzene rings is 3. The molecule has 4 atom stereocenters. The zero-order chi connectivity index (χ0) is 26.2. The number of amides is 3. The number of nitrogens with zero attached hydrogens (tertiary/aromatic N) is 1. The molecule has 1 spiro atoms. The quantitative estimate of drug-likeness (QED) is 0.300. The molecule has 2 saturated heterocycles. The van der Waals surface area contributed by atoms with Crippen LogP contribution in [0.3, 0.4) is 0 Å². The van der Waals surface area contributed by atoms with E-state index in [1.807, 2.05) is 23.5 Å². The number of imide groups is 1. The largest absolute Gasteiger partial charge is 0.504 e. The third-order valence-corrected chi connectivity index (χ3v) is 8.16. The number of aromatic hydroxyl groups is 2. The van der Waals surface area contributed by atoms with Gasteiger partial charge < -0.3 is 30.3 Å². The second-order valence-electron chi connectivity index (χ2n) is 10.2. The van der Waals surface area contributed by atoms with Crippen molar-refractivity contribution in [2.75, 3.05) is 12.1 Å². The SMILES string of the molecule is O=C1[C@H]2[C@@H](C(=O)N1Cc1ccc3c(c1)OCO3)[C@]1([NH2+][C@@H]2Cc2ccc(O)c(O)c2)C(=O)Nc2ccccc21. The highest BCUT2D eigenvalue weighted by atomic mass is 16.7. The molecule has 4 aliphatic heterocycles. The number of carbonyl (C=O) groups excluding carboxylic acids is 3. The lowest BCUT2D eigenvalue weighted by Crippen LogP contribution is -2.99. The Morgan fingerprint density at radius 1 is 0.921 bits per heavy atom. The van der Waals surface area contributed by atoms with E-state index in [-0.39, 0.29) is 36.7 Å². The molecule has 4 heterocycles. The number of nitrogens with two attached hydrogens (primary N) is 1. The Bertz CT molecular complexity index is 1540. The van der Waals surface area contributed by atoms with Gasteiger partial charge in [-0.1, -0.05) is 30.3 Å². The summed E-state index contributed by atoms with van der Waals surface area (Å²) in [4.78, 5) is 42.8. The summed E-state index contributed by atoms with van der Waals surface area (Å²) in [6, 6.07) is 16.6. The number of anilines is 1. The van der Waals surface area contributed by atoms with E-state index in [1.54, 1.807) is 30.3 Å². The highest BCUT2D eigenvalue weighted by Gasteiger charge is 2.74. The molecule has 3 aromatic carbocycles. The molecule has 0 unspecified atom stereocenters. The van der Waals surface area contributed by atoms with Crippen LogP contribution in [0.15, 0.2) is 60.7 Å². The van der Waals surface area contributed by atoms with E-state index in [4.69, 9.17) is 9.47 Å². The molecule has 0 bridgehead atoms. The van der Waals surface area contributed by atoms with Crippen molar-refractivity contribution in [1.29, 1.82) is 0 Å². The first-order chi connectivity index (χ1) is 18.4. The van der Waals surface area contributed by atoms with Crippen LogP contribution in [0.5, 0.6) is 23.0 Å². The summed E-state index contributed by atoms with van der Waals surface area (Å²) < 4.78 is 10.8. The molecular weight excluding hydrogens is 490 g/mol. The average Bonchev–Trinajstić information content (AvgIpc) is 3.63. The third kappa shape index (κ3) is 3.07. The van der Waals surface area contributed by atoms with Crippen LogP contribution in [0.25, 0.3) is 0 Å². The van der Waals surface area contributed by atoms with E-state index in [2.05, 4.69) is 5.32 Å². The van der Waals surface area contributed by atoms with Crippen molar-refractivity contribution in [1.82, 2.24) is 4.90 Å². The molecule has 4 aliphatic rings. The van der Waals surface area contributed by atoms with Crippen LogP contribution in [-0.2, 0) is 32.9 Å². The zero-order valence-electron chi connectivity index (χ0n) is 20.1. The minimum Gasteiger partial charge on any atom is -0.504 e. The fourth-order valence-corrected chi connectivity index (χ4v) is 6.51. The second kappa shape index (κ2) is 7.96. The van der Waals surface area contributed by atoms with Crippen molar-refractivity contribution >= 4 is 23.4 Å². The van der Waals surface area contributed by atoms with Gasteiger partial charge in [0, 0.05) is 12.0 Å². The Kier molecular flexibility index (Phi) is 4.74. The number of phenolic OH excluding ortho intramolecular Hbond substituents is 2. The Labute approximate surface area is 216 Å². The summed E-state index contributed by atoms with van der Waals surface area (Å²) in [7, 11) is 0. The molecule has 0 aliphatic carbocycles. The predicted octanol–water partition coefficient (Wildman–Crippen LogP) is 0.964. The number of phenols is 2. The van der Waals surface area contributed by atoms with Crippen LogP contribution in [0.2, 0.25) is 0 Å². The van der Waals surface area contributed by atoms with Crippen molar-refractivity contribution < 1.29 is 39.4 Å². The molecule has 0 radical (unpaired) electrons. The molecule has 10 heteroatoms. The fraction of sp³-hybridized carbons (Fsp3) is 0.250. The lowest BCUT2D eigenvalue weighted by molar-refractivity contribution is -0.733. The summed E-state index contributed by atoms with van der Waals surface area (Å²) in [5.41, 5.74) is 1.41. The number of carbonyl (C=O) groups is 3. The van der Waals surface area contributed by atoms with Crippen LogP contribution in [-0.4, -0.2) is 45.7 Å². The number of ether oxygens (including phenoxy) is 2. The number of rotatable bonds is 4. The van der Waals surface area contributed by atoms with Crippen molar-refractivity contribution in [2.45, 2.75) is 24.5 Å². The van der Waals surface area contributed by atoms with E-state index < -0.39 is 29.3 Å². The molecule has 10 nitrogen and oxygen atoms in total. The Hall–Kier alpha value is -4.57. The van der Waals surface area contributed by atoms with Gasteiger partial charge in [-0.2, -0.15) is 0 Å². The summed E-state index contributed by atoms with van der Waals surface area (Å²) in [6.07, 6.45) is 0.309. The molecule has 0 saturated carbocycles. The maximum Gasteiger partial charge on any atom is 0.291 e. The van der Waals surface area contributed by atoms with Gasteiger partial charge in [-0.05, 0) is 41.5 Å². The van der Waals surface area contributed by atoms with Crippen LogP contribution in [0.1, 0.15) is 16.7 Å². The van der Waals surface area contributed by atoms with Gasteiger partial charge in [0.2, 0.25) is 24.1 Å². The topological polar surface area (TPSA) is 142 Å². The number of para-hydroxylation sites is 1. The first kappa shape index (κ1) is 22.6. The summed E-state index contributed by atoms with van der Waals surface area (Å²) in [5, 5.41) is 24.5. The van der Waals surface area contributed by atoms with Crippen molar-refractivity contribution in [2.24, 2.45) is 11.8 Å². The number of likely N-dealkylation sites (tertiary alicyclic amines) is 1. The van der Waals surface area contributed by atoms with Crippen LogP contribution in [0, 0.1) is 11.8 Å². The van der Waals surface area contributed by atoms with Gasteiger partial charge in [-0.25, -0.2) is 0 Å². The second-order valence-corrected chi connectivity index (χ2v) is 10.2. The van der Waals surface area contributed by atoms with E-state index in [0.29, 0.717) is 40.3 Å². The van der Waals surface area contributed by atoms with E-state index in [9.17, 15) is 24.6 Å². The molecule has 192 valence electrons. The Morgan fingerprint density at radius 2 is 1.71 bits per heavy atom. The molecule has 0 aromatic heterocycles. The predicted molar refractivity (Wildman–Crippen MR) is 131 cm³/mol. The molecule has 7 rings (SSSR count). The van der Waals surface area contributed by atoms with Crippen LogP contribution < -0.4 is 20.1 Å². The molecule has 3 amide bonds. The third-order valence-electron chi connectivity index (χ3n) is 8.16. The summed E-state index contributed by atoms with van der Waals surface area (Å²) in [6.45, 7) is 0.166. The Morgan fingerprint density at radius 3 is 2.55 bits per heavy atom. The van der Waals surface area contributed by atoms with Gasteiger partial charge >= 0.3 is 0 Å². The number of quaternary nitrogens is 1. The maximum absolute atomic E-state index is 14.0. The highest BCUT2D eigenvalue weighted by molar-refractivity contribution is 6.13. The summed E-state index contributed by atoms with van der Waals surface area (Å²) >= 11 is 0. The number of nitrogens with one attached hydrogen (secondary N) is 1. The van der Waals surface area contributed by atoms with E-state index in [1.165, 1.54) is 17.0 Å². The zero-order valence-corrected chi connectivity index (χ0v) is 20.1. The monoisotopic (exact) mass is 514 g/mol. The van der Waals surface area contributed by atoms with Crippen molar-refractivity contribution in [3.63, 3.8) is 0 Å². The van der Waals surface area contributed by atoms with Gasteiger partial charge in [-0.15, -0.1) is 0 Å². The number of hydrogen-bond acceptors (Lipinski definition) is 7. The fourth-order valence-electron chi connectivity index (χ4n) is 6.51. The first-order valence-corrected chi connectivity index (χ1v) is 12.4. The van der Waals surface area contributed by atoms with E-state index in [0.717, 1.165) is 0 Å². The van der Waals surface area contributed by atoms with Crippen molar-refractivity contribution in [3.05, 3.63) is 77.4 Å². The van der Waals surface area contributed by atoms with Gasteiger partial charge in [0.25, 0.3) is 5.91 Å². The van der Waals surface area contributed by atoms with Crippen LogP contribution in [0.4, 0.5) is 5.69 Å². The lowest BCUT2D eigenvalue weighted by atomic mass is 9.76. The minimum absolute atomic E-state index is 0.0490. The number of hydrogen-bond donors (Lipinski definition) is 4. The number of fused-ring (bicyclic) bond motifs is 5. The van der Waals surface area contributed by atoms with Gasteiger partial charge in [0.1, 0.15) is 17.9 Å². The van der Waals surface area contributed by atoms with Gasteiger partial charge in [0.05, 0.1) is 12.2 Å². The highest BCUT2D eigenvalue weighted by Crippen LogP contribution is 2.49. The molecule has 5 N–H and O–H groups in total. The van der Waals surface area contributed by atoms with Crippen LogP contribution >= 0.6 is 0 Å². The lowest BCUT2D eigenvalue weighted by Gasteiger charge is -2.26. The van der Waals surface area contributed by atoms with E-state index >= 15 is 0 Å². The van der Waals surface area contributed by atoms with Crippen molar-refractivity contribution in [3.8, 4) is 23.0 Å². The standard InChI is InChI=1S/C28H23N3O7/c32-19-7-5-14(10-20(19)33)9-18-23-24(28(30-18)16-3-1-2-4-17(16)29-27(28)36)26(35)31(25(23)34)12-15-6-8-21-22(11-15)38-13-37-21/h1-8,10-11,18,23-24,30,32-33H,9,12-13H2,(H,29,36)/p+1/t18-,23-,24+,28+/m1/s1. The molecule has 2 fully saturated rings. The maximum atomic E-state index is 14.0.